The Hall–Kier alpha value is -0.120. The fraction of sp³-hybridized carbons (Fsp3) is 1.00. The topological polar surface area (TPSA) is 18.5 Å². The van der Waals surface area contributed by atoms with Crippen LogP contribution in [0.2, 0.25) is 0 Å². The molecule has 0 aromatic heterocycles. The highest BCUT2D eigenvalue weighted by molar-refractivity contribution is 4.75. The summed E-state index contributed by atoms with van der Waals surface area (Å²) in [5, 5.41) is 3.52. The maximum Gasteiger partial charge on any atom is 0.0110 e. The summed E-state index contributed by atoms with van der Waals surface area (Å²) in [5.41, 5.74) is 0. The van der Waals surface area contributed by atoms with Gasteiger partial charge in [-0.05, 0) is 57.8 Å². The van der Waals surface area contributed by atoms with Crippen LogP contribution in [0.5, 0.6) is 0 Å². The van der Waals surface area contributed by atoms with Crippen molar-refractivity contribution in [2.75, 3.05) is 52.4 Å². The summed E-state index contributed by atoms with van der Waals surface area (Å²) in [6.07, 6.45) is 5.53. The van der Waals surface area contributed by atoms with Gasteiger partial charge >= 0.3 is 0 Å². The lowest BCUT2D eigenvalue weighted by atomic mass is 9.96. The van der Waals surface area contributed by atoms with Crippen molar-refractivity contribution in [3.63, 3.8) is 0 Å². The van der Waals surface area contributed by atoms with E-state index in [1.165, 1.54) is 78.0 Å². The summed E-state index contributed by atoms with van der Waals surface area (Å²) >= 11 is 0. The largest absolute Gasteiger partial charge is 0.316 e. The third-order valence-electron chi connectivity index (χ3n) is 4.26. The molecule has 0 spiro atoms. The second kappa shape index (κ2) is 7.34. The lowest BCUT2D eigenvalue weighted by Crippen LogP contribution is -2.47. The molecule has 100 valence electrons. The van der Waals surface area contributed by atoms with Crippen molar-refractivity contribution < 1.29 is 0 Å². The highest BCUT2D eigenvalue weighted by atomic mass is 15.3. The molecule has 0 saturated carbocycles. The van der Waals surface area contributed by atoms with Crippen LogP contribution in [0.15, 0.2) is 0 Å². The van der Waals surface area contributed by atoms with Crippen molar-refractivity contribution in [2.45, 2.75) is 32.6 Å². The summed E-state index contributed by atoms with van der Waals surface area (Å²) in [6.45, 7) is 12.6. The van der Waals surface area contributed by atoms with Gasteiger partial charge in [0.25, 0.3) is 0 Å². The monoisotopic (exact) mass is 239 g/mol. The van der Waals surface area contributed by atoms with E-state index in [4.69, 9.17) is 0 Å². The number of nitrogens with one attached hydrogen (secondary N) is 1. The van der Waals surface area contributed by atoms with E-state index in [0.29, 0.717) is 0 Å². The summed E-state index contributed by atoms with van der Waals surface area (Å²) in [5.74, 6) is 0.942. The molecule has 3 heteroatoms. The van der Waals surface area contributed by atoms with Crippen molar-refractivity contribution >= 4 is 0 Å². The minimum absolute atomic E-state index is 0.942. The first-order valence-electron chi connectivity index (χ1n) is 7.54. The van der Waals surface area contributed by atoms with Crippen molar-refractivity contribution in [1.29, 1.82) is 0 Å². The summed E-state index contributed by atoms with van der Waals surface area (Å²) in [7, 11) is 0. The van der Waals surface area contributed by atoms with Gasteiger partial charge in [-0.1, -0.05) is 6.92 Å². The van der Waals surface area contributed by atoms with Crippen LogP contribution >= 0.6 is 0 Å². The van der Waals surface area contributed by atoms with E-state index in [0.717, 1.165) is 5.92 Å². The number of hydrogen-bond donors (Lipinski definition) is 1. The smallest absolute Gasteiger partial charge is 0.0110 e. The van der Waals surface area contributed by atoms with E-state index in [-0.39, 0.29) is 0 Å². The van der Waals surface area contributed by atoms with Gasteiger partial charge in [0, 0.05) is 26.2 Å². The third-order valence-corrected chi connectivity index (χ3v) is 4.26. The molecule has 2 fully saturated rings. The first kappa shape index (κ1) is 13.3. The predicted octanol–water partition coefficient (Wildman–Crippen LogP) is 1.40. The average Bonchev–Trinajstić information content (AvgIpc) is 2.40. The molecule has 17 heavy (non-hydrogen) atoms. The zero-order valence-corrected chi connectivity index (χ0v) is 11.5. The molecule has 2 aliphatic heterocycles. The zero-order chi connectivity index (χ0) is 11.9. The van der Waals surface area contributed by atoms with Gasteiger partial charge in [0.05, 0.1) is 0 Å². The molecule has 0 aromatic rings. The summed E-state index contributed by atoms with van der Waals surface area (Å²) in [6, 6.07) is 0. The van der Waals surface area contributed by atoms with Gasteiger partial charge in [0.1, 0.15) is 0 Å². The maximum atomic E-state index is 3.52. The summed E-state index contributed by atoms with van der Waals surface area (Å²) in [4.78, 5) is 5.28. The average molecular weight is 239 g/mol. The fourth-order valence-electron chi connectivity index (χ4n) is 3.09. The highest BCUT2D eigenvalue weighted by Gasteiger charge is 2.18. The normalized spacial score (nSPS) is 28.4. The van der Waals surface area contributed by atoms with Crippen LogP contribution in [-0.2, 0) is 0 Å². The quantitative estimate of drug-likeness (QED) is 0.782. The molecule has 1 atom stereocenters. The van der Waals surface area contributed by atoms with E-state index < -0.39 is 0 Å². The van der Waals surface area contributed by atoms with Crippen LogP contribution in [0.1, 0.15) is 32.6 Å². The SMILES string of the molecule is CCCN1CCN(CCC2CCCNC2)CC1. The van der Waals surface area contributed by atoms with E-state index in [9.17, 15) is 0 Å². The molecular formula is C14H29N3. The Kier molecular flexibility index (Phi) is 5.75. The lowest BCUT2D eigenvalue weighted by molar-refractivity contribution is 0.125. The Bertz CT molecular complexity index is 194. The molecule has 0 aromatic carbocycles. The lowest BCUT2D eigenvalue weighted by Gasteiger charge is -2.35. The maximum absolute atomic E-state index is 3.52. The minimum atomic E-state index is 0.942. The number of nitrogens with zero attached hydrogens (tertiary/aromatic N) is 2. The molecular weight excluding hydrogens is 210 g/mol. The van der Waals surface area contributed by atoms with E-state index in [2.05, 4.69) is 22.0 Å². The highest BCUT2D eigenvalue weighted by Crippen LogP contribution is 2.15. The zero-order valence-electron chi connectivity index (χ0n) is 11.5. The van der Waals surface area contributed by atoms with Gasteiger partial charge in [0.2, 0.25) is 0 Å². The van der Waals surface area contributed by atoms with Gasteiger partial charge in [-0.25, -0.2) is 0 Å². The Morgan fingerprint density at radius 1 is 1.06 bits per heavy atom. The second-order valence-electron chi connectivity index (χ2n) is 5.68. The van der Waals surface area contributed by atoms with E-state index in [1.54, 1.807) is 0 Å². The molecule has 2 saturated heterocycles. The number of piperidine rings is 1. The van der Waals surface area contributed by atoms with Crippen LogP contribution in [-0.4, -0.2) is 62.2 Å². The van der Waals surface area contributed by atoms with Gasteiger partial charge in [-0.15, -0.1) is 0 Å². The first-order chi connectivity index (χ1) is 8.38. The molecule has 0 bridgehead atoms. The number of piperazine rings is 1. The number of hydrogen-bond acceptors (Lipinski definition) is 3. The standard InChI is InChI=1S/C14H29N3/c1-2-7-16-9-11-17(12-10-16)8-5-14-4-3-6-15-13-14/h14-15H,2-13H2,1H3. The molecule has 2 aliphatic rings. The van der Waals surface area contributed by atoms with Crippen LogP contribution < -0.4 is 5.32 Å². The van der Waals surface area contributed by atoms with Crippen molar-refractivity contribution in [1.82, 2.24) is 15.1 Å². The van der Waals surface area contributed by atoms with Crippen molar-refractivity contribution in [3.05, 3.63) is 0 Å². The van der Waals surface area contributed by atoms with Crippen molar-refractivity contribution in [2.24, 2.45) is 5.92 Å². The molecule has 2 heterocycles. The van der Waals surface area contributed by atoms with Gasteiger partial charge in [-0.3, -0.25) is 0 Å². The second-order valence-corrected chi connectivity index (χ2v) is 5.68. The van der Waals surface area contributed by atoms with Gasteiger partial charge < -0.3 is 15.1 Å². The minimum Gasteiger partial charge on any atom is -0.316 e. The van der Waals surface area contributed by atoms with Crippen molar-refractivity contribution in [3.8, 4) is 0 Å². The summed E-state index contributed by atoms with van der Waals surface area (Å²) < 4.78 is 0. The van der Waals surface area contributed by atoms with Crippen LogP contribution in [0.3, 0.4) is 0 Å². The Labute approximate surface area is 107 Å². The van der Waals surface area contributed by atoms with Crippen LogP contribution in [0.4, 0.5) is 0 Å². The molecule has 3 nitrogen and oxygen atoms in total. The Morgan fingerprint density at radius 2 is 1.76 bits per heavy atom. The molecule has 0 aliphatic carbocycles. The fourth-order valence-corrected chi connectivity index (χ4v) is 3.09. The Balaban J connectivity index is 1.57. The first-order valence-corrected chi connectivity index (χ1v) is 7.54. The Morgan fingerprint density at radius 3 is 2.35 bits per heavy atom. The van der Waals surface area contributed by atoms with Gasteiger partial charge in [-0.2, -0.15) is 0 Å². The number of rotatable bonds is 5. The molecule has 0 amide bonds. The van der Waals surface area contributed by atoms with E-state index >= 15 is 0 Å². The predicted molar refractivity (Wildman–Crippen MR) is 73.4 cm³/mol. The van der Waals surface area contributed by atoms with Gasteiger partial charge in [0.15, 0.2) is 0 Å². The molecule has 1 unspecified atom stereocenters. The molecule has 0 radical (unpaired) electrons. The third kappa shape index (κ3) is 4.57. The van der Waals surface area contributed by atoms with E-state index in [1.807, 2.05) is 0 Å². The molecule has 2 rings (SSSR count). The van der Waals surface area contributed by atoms with Crippen LogP contribution in [0.25, 0.3) is 0 Å². The molecule has 1 N–H and O–H groups in total. The van der Waals surface area contributed by atoms with Crippen LogP contribution in [0, 0.1) is 5.92 Å².